The summed E-state index contributed by atoms with van der Waals surface area (Å²) < 4.78 is 8.46. The van der Waals surface area contributed by atoms with Crippen LogP contribution in [0.4, 0.5) is 0 Å². The Labute approximate surface area is 130 Å². The van der Waals surface area contributed by atoms with E-state index in [4.69, 9.17) is 4.74 Å². The maximum Gasteiger partial charge on any atom is 0.0776 e. The first-order valence-corrected chi connectivity index (χ1v) is 8.77. The lowest BCUT2D eigenvalue weighted by atomic mass is 10.0. The van der Waals surface area contributed by atoms with Crippen LogP contribution in [0.15, 0.2) is 42.0 Å². The summed E-state index contributed by atoms with van der Waals surface area (Å²) in [4.78, 5) is 4.12. The van der Waals surface area contributed by atoms with Crippen LogP contribution in [-0.4, -0.2) is 34.8 Å². The van der Waals surface area contributed by atoms with Gasteiger partial charge in [0.05, 0.1) is 12.7 Å². The average Bonchev–Trinajstić information content (AvgIpc) is 3.22. The molecule has 4 heteroatoms. The van der Waals surface area contributed by atoms with Gasteiger partial charge in [-0.1, -0.05) is 6.07 Å². The molecule has 3 heterocycles. The van der Waals surface area contributed by atoms with Crippen molar-refractivity contribution < 1.29 is 4.74 Å². The zero-order valence-corrected chi connectivity index (χ0v) is 13.0. The number of morpholine rings is 1. The molecule has 2 aromatic rings. The lowest BCUT2D eigenvalue weighted by Gasteiger charge is -2.39. The van der Waals surface area contributed by atoms with Gasteiger partial charge in [-0.3, -0.25) is 4.90 Å². The molecule has 1 saturated heterocycles. The van der Waals surface area contributed by atoms with Crippen LogP contribution in [0.2, 0.25) is 0 Å². The summed E-state index contributed by atoms with van der Waals surface area (Å²) >= 11 is 1.87. The second kappa shape index (κ2) is 5.95. The fraction of sp³-hybridized carbons (Fsp3) is 0.529. The fourth-order valence-electron chi connectivity index (χ4n) is 3.89. The minimum Gasteiger partial charge on any atom is -0.375 e. The molecule has 21 heavy (non-hydrogen) atoms. The molecule has 0 N–H and O–H groups in total. The molecule has 4 rings (SSSR count). The van der Waals surface area contributed by atoms with Crippen molar-refractivity contribution in [3.63, 3.8) is 0 Å². The molecular formula is C17H22N2OS. The highest BCUT2D eigenvalue weighted by atomic mass is 32.1. The van der Waals surface area contributed by atoms with Crippen LogP contribution in [0, 0.1) is 5.92 Å². The van der Waals surface area contributed by atoms with Gasteiger partial charge >= 0.3 is 0 Å². The molecule has 0 bridgehead atoms. The molecule has 0 amide bonds. The number of aromatic nitrogens is 1. The van der Waals surface area contributed by atoms with E-state index in [2.05, 4.69) is 51.5 Å². The maximum absolute atomic E-state index is 6.16. The zero-order valence-electron chi connectivity index (χ0n) is 12.2. The lowest BCUT2D eigenvalue weighted by molar-refractivity contribution is -0.0783. The van der Waals surface area contributed by atoms with E-state index < -0.39 is 0 Å². The molecule has 1 aliphatic carbocycles. The summed E-state index contributed by atoms with van der Waals surface area (Å²) in [7, 11) is 0. The van der Waals surface area contributed by atoms with E-state index in [1.807, 2.05) is 11.3 Å². The molecule has 3 nitrogen and oxygen atoms in total. The van der Waals surface area contributed by atoms with E-state index in [0.717, 1.165) is 26.2 Å². The highest BCUT2D eigenvalue weighted by Gasteiger charge is 2.42. The van der Waals surface area contributed by atoms with Gasteiger partial charge in [-0.15, -0.1) is 11.3 Å². The van der Waals surface area contributed by atoms with Crippen LogP contribution in [0.3, 0.4) is 0 Å². The van der Waals surface area contributed by atoms with Crippen LogP contribution in [-0.2, 0) is 17.8 Å². The Morgan fingerprint density at radius 1 is 1.19 bits per heavy atom. The van der Waals surface area contributed by atoms with Gasteiger partial charge in [0.1, 0.15) is 0 Å². The largest absolute Gasteiger partial charge is 0.375 e. The molecule has 2 aliphatic rings. The third-order valence-electron chi connectivity index (χ3n) is 4.89. The highest BCUT2D eigenvalue weighted by Crippen LogP contribution is 2.36. The Morgan fingerprint density at radius 3 is 2.90 bits per heavy atom. The van der Waals surface area contributed by atoms with Crippen molar-refractivity contribution in [2.45, 2.75) is 38.1 Å². The van der Waals surface area contributed by atoms with Gasteiger partial charge in [-0.25, -0.2) is 0 Å². The minimum absolute atomic E-state index is 0.418. The third kappa shape index (κ3) is 2.80. The van der Waals surface area contributed by atoms with Crippen molar-refractivity contribution in [2.75, 3.05) is 13.2 Å². The predicted molar refractivity (Wildman–Crippen MR) is 85.4 cm³/mol. The smallest absolute Gasteiger partial charge is 0.0776 e. The lowest BCUT2D eigenvalue weighted by Crippen LogP contribution is -2.50. The molecule has 2 fully saturated rings. The van der Waals surface area contributed by atoms with Crippen molar-refractivity contribution in [3.05, 3.63) is 46.9 Å². The number of thiophene rings is 1. The zero-order chi connectivity index (χ0) is 14.1. The molecule has 1 saturated carbocycles. The number of fused-ring (bicyclic) bond motifs is 1. The summed E-state index contributed by atoms with van der Waals surface area (Å²) in [6.45, 7) is 4.16. The minimum atomic E-state index is 0.418. The summed E-state index contributed by atoms with van der Waals surface area (Å²) in [5.41, 5.74) is 0. The predicted octanol–water partition coefficient (Wildman–Crippen LogP) is 3.23. The van der Waals surface area contributed by atoms with Crippen molar-refractivity contribution in [1.29, 1.82) is 0 Å². The summed E-state index contributed by atoms with van der Waals surface area (Å²) in [5, 5.41) is 2.18. The first-order chi connectivity index (χ1) is 10.4. The van der Waals surface area contributed by atoms with Crippen LogP contribution < -0.4 is 0 Å². The standard InChI is InChI=1S/C17H22N2OS/c1-2-8-18(7-1)12-14-5-6-16-17(14)20-10-9-19(16)13-15-4-3-11-21-15/h1-4,7-8,11,14,16-17H,5-6,9-10,12-13H2. The summed E-state index contributed by atoms with van der Waals surface area (Å²) in [5.74, 6) is 0.661. The summed E-state index contributed by atoms with van der Waals surface area (Å²) in [6, 6.07) is 9.23. The number of hydrogen-bond acceptors (Lipinski definition) is 3. The third-order valence-corrected chi connectivity index (χ3v) is 5.75. The maximum atomic E-state index is 6.16. The molecule has 2 aromatic heterocycles. The van der Waals surface area contributed by atoms with E-state index in [1.165, 1.54) is 17.7 Å². The fourth-order valence-corrected chi connectivity index (χ4v) is 4.62. The molecular weight excluding hydrogens is 280 g/mol. The molecule has 0 radical (unpaired) electrons. The van der Waals surface area contributed by atoms with E-state index in [9.17, 15) is 0 Å². The quantitative estimate of drug-likeness (QED) is 0.863. The van der Waals surface area contributed by atoms with Crippen molar-refractivity contribution in [1.82, 2.24) is 9.47 Å². The first-order valence-electron chi connectivity index (χ1n) is 7.89. The Bertz CT molecular complexity index is 551. The molecule has 0 spiro atoms. The summed E-state index contributed by atoms with van der Waals surface area (Å²) in [6.07, 6.45) is 7.32. The van der Waals surface area contributed by atoms with Crippen molar-refractivity contribution >= 4 is 11.3 Å². The second-order valence-corrected chi connectivity index (χ2v) is 7.20. The van der Waals surface area contributed by atoms with Crippen molar-refractivity contribution in [2.24, 2.45) is 5.92 Å². The van der Waals surface area contributed by atoms with E-state index in [0.29, 0.717) is 18.1 Å². The molecule has 1 aliphatic heterocycles. The Hall–Kier alpha value is -1.10. The van der Waals surface area contributed by atoms with Gasteiger partial charge in [-0.05, 0) is 36.4 Å². The van der Waals surface area contributed by atoms with Crippen LogP contribution in [0.25, 0.3) is 0 Å². The van der Waals surface area contributed by atoms with Gasteiger partial charge in [0, 0.05) is 48.9 Å². The van der Waals surface area contributed by atoms with E-state index >= 15 is 0 Å². The van der Waals surface area contributed by atoms with Gasteiger partial charge in [0.2, 0.25) is 0 Å². The van der Waals surface area contributed by atoms with Crippen LogP contribution in [0.5, 0.6) is 0 Å². The van der Waals surface area contributed by atoms with E-state index in [-0.39, 0.29) is 0 Å². The highest BCUT2D eigenvalue weighted by molar-refractivity contribution is 7.09. The normalized spacial score (nSPS) is 29.6. The SMILES string of the molecule is c1csc(CN2CCOC3C(Cn4cccc4)CCC32)c1. The Kier molecular flexibility index (Phi) is 3.84. The Balaban J connectivity index is 1.44. The van der Waals surface area contributed by atoms with Gasteiger partial charge in [-0.2, -0.15) is 0 Å². The van der Waals surface area contributed by atoms with Gasteiger partial charge in [0.15, 0.2) is 0 Å². The second-order valence-electron chi connectivity index (χ2n) is 6.17. The average molecular weight is 302 g/mol. The first kappa shape index (κ1) is 13.6. The van der Waals surface area contributed by atoms with E-state index in [1.54, 1.807) is 0 Å². The topological polar surface area (TPSA) is 17.4 Å². The number of ether oxygens (including phenoxy) is 1. The van der Waals surface area contributed by atoms with Crippen molar-refractivity contribution in [3.8, 4) is 0 Å². The van der Waals surface area contributed by atoms with Crippen LogP contribution >= 0.6 is 11.3 Å². The Morgan fingerprint density at radius 2 is 2.10 bits per heavy atom. The van der Waals surface area contributed by atoms with Gasteiger partial charge in [0.25, 0.3) is 0 Å². The number of rotatable bonds is 4. The number of nitrogens with zero attached hydrogens (tertiary/aromatic N) is 2. The molecule has 3 atom stereocenters. The van der Waals surface area contributed by atoms with Crippen LogP contribution in [0.1, 0.15) is 17.7 Å². The molecule has 3 unspecified atom stereocenters. The van der Waals surface area contributed by atoms with Gasteiger partial charge < -0.3 is 9.30 Å². The number of hydrogen-bond donors (Lipinski definition) is 0. The molecule has 0 aromatic carbocycles. The monoisotopic (exact) mass is 302 g/mol. The molecule has 112 valence electrons.